The highest BCUT2D eigenvalue weighted by atomic mass is 32.1. The van der Waals surface area contributed by atoms with Crippen molar-refractivity contribution < 1.29 is 24.2 Å². The first-order chi connectivity index (χ1) is 16.4. The van der Waals surface area contributed by atoms with Crippen LogP contribution in [-0.4, -0.2) is 40.7 Å². The van der Waals surface area contributed by atoms with Crippen molar-refractivity contribution in [2.24, 2.45) is 0 Å². The lowest BCUT2D eigenvalue weighted by Gasteiger charge is -2.14. The van der Waals surface area contributed by atoms with Gasteiger partial charge in [-0.1, -0.05) is 48.5 Å². The number of fused-ring (bicyclic) bond motifs is 3. The zero-order chi connectivity index (χ0) is 24.1. The quantitative estimate of drug-likeness (QED) is 0.418. The molecule has 2 amide bonds. The number of hydrogen-bond acceptors (Lipinski definition) is 6. The van der Waals surface area contributed by atoms with Gasteiger partial charge in [-0.2, -0.15) is 0 Å². The minimum Gasteiger partial charge on any atom is -0.481 e. The van der Waals surface area contributed by atoms with Gasteiger partial charge in [-0.15, -0.1) is 11.3 Å². The lowest BCUT2D eigenvalue weighted by Crippen LogP contribution is -2.34. The average molecular weight is 480 g/mol. The average Bonchev–Trinajstić information content (AvgIpc) is 3.38. The van der Waals surface area contributed by atoms with Crippen LogP contribution in [0.4, 0.5) is 9.93 Å². The third-order valence-electron chi connectivity index (χ3n) is 5.64. The van der Waals surface area contributed by atoms with Gasteiger partial charge in [0.2, 0.25) is 5.91 Å². The number of hydrogen-bond donors (Lipinski definition) is 3. The van der Waals surface area contributed by atoms with Gasteiger partial charge in [-0.25, -0.2) is 9.78 Å². The lowest BCUT2D eigenvalue weighted by molar-refractivity contribution is -0.137. The maximum Gasteiger partial charge on any atom is 0.413 e. The number of thiazole rings is 1. The van der Waals surface area contributed by atoms with Gasteiger partial charge in [0.1, 0.15) is 6.61 Å². The summed E-state index contributed by atoms with van der Waals surface area (Å²) in [6, 6.07) is 16.0. The molecule has 1 aliphatic carbocycles. The molecule has 0 fully saturated rings. The number of nitrogens with zero attached hydrogens (tertiary/aromatic N) is 1. The number of benzene rings is 2. The van der Waals surface area contributed by atoms with Crippen LogP contribution in [-0.2, 0) is 20.7 Å². The second-order valence-corrected chi connectivity index (χ2v) is 9.03. The van der Waals surface area contributed by atoms with Crippen LogP contribution in [0.2, 0.25) is 0 Å². The van der Waals surface area contributed by atoms with Crippen LogP contribution >= 0.6 is 11.3 Å². The van der Waals surface area contributed by atoms with Crippen LogP contribution in [0.1, 0.15) is 42.5 Å². The molecule has 4 rings (SSSR count). The molecule has 0 bridgehead atoms. The highest BCUT2D eigenvalue weighted by Gasteiger charge is 2.29. The number of aromatic nitrogens is 1. The SMILES string of the molecule is CC(CCC(=O)O)NC(=O)Cc1csc(NC(=O)OCC2c3ccccc3-c3ccccc32)n1. The van der Waals surface area contributed by atoms with Crippen LogP contribution in [0.15, 0.2) is 53.9 Å². The fourth-order valence-corrected chi connectivity index (χ4v) is 4.77. The van der Waals surface area contributed by atoms with E-state index in [0.29, 0.717) is 17.2 Å². The fraction of sp³-hybridized carbons (Fsp3) is 0.280. The standard InChI is InChI=1S/C25H25N3O5S/c1-15(10-11-23(30)31)26-22(29)12-16-14-34-24(27-16)28-25(32)33-13-21-19-8-4-2-6-17(19)18-7-3-5-9-20(18)21/h2-9,14-15,21H,10-13H2,1H3,(H,26,29)(H,30,31)(H,27,28,32). The molecule has 176 valence electrons. The van der Waals surface area contributed by atoms with E-state index in [1.54, 1.807) is 12.3 Å². The Morgan fingerprint density at radius 1 is 1.09 bits per heavy atom. The fourth-order valence-electron chi connectivity index (χ4n) is 4.07. The van der Waals surface area contributed by atoms with Crippen LogP contribution in [0.25, 0.3) is 11.1 Å². The molecule has 1 aliphatic rings. The third-order valence-corrected chi connectivity index (χ3v) is 6.45. The van der Waals surface area contributed by atoms with E-state index in [0.717, 1.165) is 22.3 Å². The van der Waals surface area contributed by atoms with E-state index in [1.165, 1.54) is 11.3 Å². The van der Waals surface area contributed by atoms with E-state index in [1.807, 2.05) is 24.3 Å². The Morgan fingerprint density at radius 3 is 2.38 bits per heavy atom. The molecule has 0 aliphatic heterocycles. The number of anilines is 1. The molecule has 0 saturated carbocycles. The molecule has 34 heavy (non-hydrogen) atoms. The Hall–Kier alpha value is -3.72. The molecular weight excluding hydrogens is 454 g/mol. The van der Waals surface area contributed by atoms with Crippen molar-refractivity contribution in [1.29, 1.82) is 0 Å². The van der Waals surface area contributed by atoms with E-state index in [2.05, 4.69) is 39.9 Å². The number of carbonyl (C=O) groups is 3. The van der Waals surface area contributed by atoms with Gasteiger partial charge in [0.25, 0.3) is 0 Å². The van der Waals surface area contributed by atoms with Crippen LogP contribution < -0.4 is 10.6 Å². The Balaban J connectivity index is 1.29. The van der Waals surface area contributed by atoms with Crippen LogP contribution in [0.5, 0.6) is 0 Å². The summed E-state index contributed by atoms with van der Waals surface area (Å²) in [5.74, 6) is -1.18. The number of carboxylic acids is 1. The molecule has 3 aromatic rings. The van der Waals surface area contributed by atoms with E-state index >= 15 is 0 Å². The van der Waals surface area contributed by atoms with Gasteiger partial charge in [0, 0.05) is 23.8 Å². The van der Waals surface area contributed by atoms with Crippen molar-refractivity contribution in [3.63, 3.8) is 0 Å². The van der Waals surface area contributed by atoms with Crippen molar-refractivity contribution >= 4 is 34.4 Å². The molecular formula is C25H25N3O5S. The molecule has 0 saturated heterocycles. The molecule has 0 spiro atoms. The summed E-state index contributed by atoms with van der Waals surface area (Å²) >= 11 is 1.21. The van der Waals surface area contributed by atoms with Gasteiger partial charge in [-0.05, 0) is 35.6 Å². The molecule has 1 atom stereocenters. The Labute approximate surface area is 201 Å². The second-order valence-electron chi connectivity index (χ2n) is 8.17. The predicted molar refractivity (Wildman–Crippen MR) is 129 cm³/mol. The second kappa shape index (κ2) is 10.5. The van der Waals surface area contributed by atoms with E-state index in [4.69, 9.17) is 9.84 Å². The molecule has 1 heterocycles. The first kappa shape index (κ1) is 23.4. The van der Waals surface area contributed by atoms with Crippen molar-refractivity contribution in [3.05, 3.63) is 70.7 Å². The Kier molecular flexibility index (Phi) is 7.22. The largest absolute Gasteiger partial charge is 0.481 e. The number of amides is 2. The van der Waals surface area contributed by atoms with Gasteiger partial charge in [0.15, 0.2) is 5.13 Å². The summed E-state index contributed by atoms with van der Waals surface area (Å²) in [5, 5.41) is 16.2. The Morgan fingerprint density at radius 2 is 1.74 bits per heavy atom. The van der Waals surface area contributed by atoms with Gasteiger partial charge in [0.05, 0.1) is 12.1 Å². The molecule has 2 aromatic carbocycles. The smallest absolute Gasteiger partial charge is 0.413 e. The zero-order valence-electron chi connectivity index (χ0n) is 18.6. The molecule has 9 heteroatoms. The zero-order valence-corrected chi connectivity index (χ0v) is 19.4. The van der Waals surface area contributed by atoms with Crippen LogP contribution in [0.3, 0.4) is 0 Å². The lowest BCUT2D eigenvalue weighted by atomic mass is 9.98. The molecule has 8 nitrogen and oxygen atoms in total. The molecule has 1 unspecified atom stereocenters. The topological polar surface area (TPSA) is 118 Å². The number of aliphatic carboxylic acids is 1. The molecule has 1 aromatic heterocycles. The molecule has 0 radical (unpaired) electrons. The summed E-state index contributed by atoms with van der Waals surface area (Å²) < 4.78 is 5.52. The van der Waals surface area contributed by atoms with Gasteiger partial charge < -0.3 is 15.2 Å². The van der Waals surface area contributed by atoms with Gasteiger partial charge >= 0.3 is 12.1 Å². The number of ether oxygens (including phenoxy) is 1. The van der Waals surface area contributed by atoms with Crippen molar-refractivity contribution in [3.8, 4) is 11.1 Å². The minimum absolute atomic E-state index is 0.00758. The van der Waals surface area contributed by atoms with Crippen molar-refractivity contribution in [2.45, 2.75) is 38.1 Å². The molecule has 3 N–H and O–H groups in total. The number of rotatable bonds is 9. The number of carboxylic acid groups (broad SMARTS) is 1. The van der Waals surface area contributed by atoms with Crippen molar-refractivity contribution in [1.82, 2.24) is 10.3 Å². The highest BCUT2D eigenvalue weighted by Crippen LogP contribution is 2.44. The highest BCUT2D eigenvalue weighted by molar-refractivity contribution is 7.13. The summed E-state index contributed by atoms with van der Waals surface area (Å²) in [5.41, 5.74) is 5.11. The van der Waals surface area contributed by atoms with E-state index in [-0.39, 0.29) is 37.3 Å². The number of nitrogens with one attached hydrogen (secondary N) is 2. The van der Waals surface area contributed by atoms with Crippen molar-refractivity contribution in [2.75, 3.05) is 11.9 Å². The van der Waals surface area contributed by atoms with Crippen LogP contribution in [0, 0.1) is 0 Å². The summed E-state index contributed by atoms with van der Waals surface area (Å²) in [4.78, 5) is 39.5. The minimum atomic E-state index is -0.899. The summed E-state index contributed by atoms with van der Waals surface area (Å²) in [7, 11) is 0. The first-order valence-corrected chi connectivity index (χ1v) is 11.9. The summed E-state index contributed by atoms with van der Waals surface area (Å²) in [6.45, 7) is 1.96. The normalized spacial score (nSPS) is 13.0. The first-order valence-electron chi connectivity index (χ1n) is 11.0. The number of carbonyl (C=O) groups excluding carboxylic acids is 2. The van der Waals surface area contributed by atoms with E-state index < -0.39 is 12.1 Å². The maximum atomic E-state index is 12.4. The van der Waals surface area contributed by atoms with Gasteiger partial charge in [-0.3, -0.25) is 14.9 Å². The Bertz CT molecular complexity index is 1160. The third kappa shape index (κ3) is 5.60. The summed E-state index contributed by atoms with van der Waals surface area (Å²) in [6.07, 6.45) is -0.214. The van der Waals surface area contributed by atoms with E-state index in [9.17, 15) is 14.4 Å². The monoisotopic (exact) mass is 479 g/mol. The maximum absolute atomic E-state index is 12.4. The predicted octanol–water partition coefficient (Wildman–Crippen LogP) is 4.42.